The summed E-state index contributed by atoms with van der Waals surface area (Å²) in [5, 5.41) is 0. The van der Waals surface area contributed by atoms with E-state index in [1.165, 1.54) is 19.4 Å². The van der Waals surface area contributed by atoms with Crippen molar-refractivity contribution in [3.8, 4) is 16.9 Å². The van der Waals surface area contributed by atoms with Gasteiger partial charge in [0.2, 0.25) is 10.0 Å². The highest BCUT2D eigenvalue weighted by atomic mass is 32.2. The molecule has 1 atom stereocenters. The summed E-state index contributed by atoms with van der Waals surface area (Å²) in [4.78, 5) is 2.71. The molecule has 0 aliphatic carbocycles. The van der Waals surface area contributed by atoms with Crippen LogP contribution < -0.4 is 9.46 Å². The maximum absolute atomic E-state index is 12.2. The van der Waals surface area contributed by atoms with Crippen LogP contribution in [-0.2, 0) is 16.4 Å². The minimum absolute atomic E-state index is 0.184. The number of nitrogens with one attached hydrogen (secondary N) is 1. The Bertz CT molecular complexity index is 910. The molecule has 6 heteroatoms. The molecule has 5 nitrogen and oxygen atoms in total. The number of ether oxygens (including phenoxy) is 1. The van der Waals surface area contributed by atoms with Crippen LogP contribution in [-0.4, -0.2) is 45.6 Å². The van der Waals surface area contributed by atoms with Crippen molar-refractivity contribution in [3.63, 3.8) is 0 Å². The molecule has 0 radical (unpaired) electrons. The Balaban J connectivity index is 1.50. The molecular weight excluding hydrogens is 360 g/mol. The summed E-state index contributed by atoms with van der Waals surface area (Å²) >= 11 is 0. The number of nitrogens with zero attached hydrogens (tertiary/aromatic N) is 1. The quantitative estimate of drug-likeness (QED) is 0.881. The predicted octanol–water partition coefficient (Wildman–Crippen LogP) is 2.65. The fourth-order valence-electron chi connectivity index (χ4n) is 3.74. The van der Waals surface area contributed by atoms with Gasteiger partial charge in [0.05, 0.1) is 0 Å². The Morgan fingerprint density at radius 2 is 2.15 bits per heavy atom. The Morgan fingerprint density at radius 1 is 1.26 bits per heavy atom. The first kappa shape index (κ1) is 18.3. The smallest absolute Gasteiger partial charge is 0.244 e. The van der Waals surface area contributed by atoms with Gasteiger partial charge >= 0.3 is 0 Å². The van der Waals surface area contributed by atoms with Gasteiger partial charge in [-0.25, -0.2) is 13.1 Å². The second kappa shape index (κ2) is 7.51. The van der Waals surface area contributed by atoms with E-state index in [0.29, 0.717) is 18.4 Å². The van der Waals surface area contributed by atoms with E-state index in [-0.39, 0.29) is 11.4 Å². The van der Waals surface area contributed by atoms with Crippen molar-refractivity contribution in [3.05, 3.63) is 48.0 Å². The molecular formula is C21H24N2O3S. The number of likely N-dealkylation sites (tertiary alicyclic amines) is 1. The van der Waals surface area contributed by atoms with Crippen molar-refractivity contribution in [2.24, 2.45) is 0 Å². The number of sulfonamides is 1. The number of fused-ring (bicyclic) bond motifs is 1. The molecule has 0 unspecified atom stereocenters. The summed E-state index contributed by atoms with van der Waals surface area (Å²) in [5.74, 6) is 0.387. The minimum atomic E-state index is -3.50. The molecule has 142 valence electrons. The molecule has 0 bridgehead atoms. The van der Waals surface area contributed by atoms with E-state index in [4.69, 9.17) is 4.74 Å². The van der Waals surface area contributed by atoms with Gasteiger partial charge in [-0.15, -0.1) is 0 Å². The second-order valence-electron chi connectivity index (χ2n) is 7.21. The third-order valence-electron chi connectivity index (χ3n) is 5.36. The molecule has 0 amide bonds. The van der Waals surface area contributed by atoms with Crippen LogP contribution in [0.2, 0.25) is 0 Å². The lowest BCUT2D eigenvalue weighted by atomic mass is 10.0. The fourth-order valence-corrected chi connectivity index (χ4v) is 4.88. The van der Waals surface area contributed by atoms with Gasteiger partial charge in [-0.2, -0.15) is 0 Å². The van der Waals surface area contributed by atoms with Crippen LogP contribution in [0, 0.1) is 12.1 Å². The molecule has 2 aromatic carbocycles. The van der Waals surface area contributed by atoms with Crippen LogP contribution in [0.25, 0.3) is 11.1 Å². The molecule has 27 heavy (non-hydrogen) atoms. The van der Waals surface area contributed by atoms with Gasteiger partial charge in [0, 0.05) is 30.3 Å². The zero-order valence-corrected chi connectivity index (χ0v) is 16.3. The van der Waals surface area contributed by atoms with Crippen LogP contribution >= 0.6 is 0 Å². The first-order valence-corrected chi connectivity index (χ1v) is 10.9. The summed E-state index contributed by atoms with van der Waals surface area (Å²) in [6.07, 6.45) is 3.56. The topological polar surface area (TPSA) is 58.6 Å². The Kier molecular flexibility index (Phi) is 5.09. The van der Waals surface area contributed by atoms with Crippen molar-refractivity contribution in [1.29, 1.82) is 0 Å². The van der Waals surface area contributed by atoms with Crippen LogP contribution in [0.1, 0.15) is 25.3 Å². The molecule has 1 N–H and O–H groups in total. The summed E-state index contributed by atoms with van der Waals surface area (Å²) in [6, 6.07) is 16.4. The average Bonchev–Trinajstić information content (AvgIpc) is 3.01. The lowest BCUT2D eigenvalue weighted by Crippen LogP contribution is -2.28. The van der Waals surface area contributed by atoms with E-state index in [0.717, 1.165) is 29.7 Å². The van der Waals surface area contributed by atoms with Gasteiger partial charge < -0.3 is 9.64 Å². The zero-order valence-electron chi connectivity index (χ0n) is 15.5. The molecule has 0 aromatic heterocycles. The average molecular weight is 385 g/mol. The molecule has 1 saturated heterocycles. The SMILES string of the molecule is C[C@@H]1CCCN1CCc1c#cc(-c2ccc3c(c2)OCCNS3(=O)=O)cc1. The third kappa shape index (κ3) is 3.96. The highest BCUT2D eigenvalue weighted by Gasteiger charge is 2.23. The molecule has 2 heterocycles. The predicted molar refractivity (Wildman–Crippen MR) is 104 cm³/mol. The molecule has 2 aliphatic heterocycles. The molecule has 2 aliphatic rings. The molecule has 4 rings (SSSR count). The van der Waals surface area contributed by atoms with Crippen molar-refractivity contribution < 1.29 is 13.2 Å². The van der Waals surface area contributed by atoms with Crippen LogP contribution in [0.4, 0.5) is 0 Å². The summed E-state index contributed by atoms with van der Waals surface area (Å²) in [5.41, 5.74) is 2.91. The molecule has 2 aromatic rings. The largest absolute Gasteiger partial charge is 0.491 e. The van der Waals surface area contributed by atoms with Crippen LogP contribution in [0.5, 0.6) is 5.75 Å². The number of rotatable bonds is 4. The molecule has 1 fully saturated rings. The Hall–Kier alpha value is -2.07. The maximum Gasteiger partial charge on any atom is 0.244 e. The standard InChI is InChI=1S/C21H24N2O3S/c1-16-3-2-12-23(16)13-10-17-4-6-18(7-5-17)19-8-9-21-20(15-19)26-14-11-22-27(21,24)25/h4,6,8-9,15-16,22H,2-3,10-14H2,1H3/t16-/m1/s1. The van der Waals surface area contributed by atoms with E-state index in [1.807, 2.05) is 6.07 Å². The lowest BCUT2D eigenvalue weighted by Gasteiger charge is -2.20. The zero-order chi connectivity index (χ0) is 18.9. The van der Waals surface area contributed by atoms with E-state index in [9.17, 15) is 8.42 Å². The van der Waals surface area contributed by atoms with Gasteiger partial charge in [-0.05, 0) is 62.6 Å². The third-order valence-corrected chi connectivity index (χ3v) is 6.86. The van der Waals surface area contributed by atoms with E-state index >= 15 is 0 Å². The highest BCUT2D eigenvalue weighted by Crippen LogP contribution is 2.30. The highest BCUT2D eigenvalue weighted by molar-refractivity contribution is 7.89. The van der Waals surface area contributed by atoms with E-state index in [2.05, 4.69) is 34.7 Å². The Labute approximate surface area is 161 Å². The van der Waals surface area contributed by atoms with Crippen molar-refractivity contribution in [1.82, 2.24) is 9.62 Å². The van der Waals surface area contributed by atoms with Crippen LogP contribution in [0.15, 0.2) is 35.2 Å². The van der Waals surface area contributed by atoms with Crippen molar-refractivity contribution in [2.45, 2.75) is 37.1 Å². The minimum Gasteiger partial charge on any atom is -0.491 e. The Morgan fingerprint density at radius 3 is 2.89 bits per heavy atom. The molecule has 0 spiro atoms. The first-order chi connectivity index (χ1) is 13.0. The normalized spacial score (nSPS) is 21.7. The maximum atomic E-state index is 12.2. The van der Waals surface area contributed by atoms with Gasteiger partial charge in [-0.3, -0.25) is 0 Å². The summed E-state index contributed by atoms with van der Waals surface area (Å²) in [6.45, 7) is 5.14. The molecule has 0 saturated carbocycles. The monoisotopic (exact) mass is 384 g/mol. The van der Waals surface area contributed by atoms with Gasteiger partial charge in [0.25, 0.3) is 0 Å². The summed E-state index contributed by atoms with van der Waals surface area (Å²) in [7, 11) is -3.50. The number of hydrogen-bond donors (Lipinski definition) is 1. The fraction of sp³-hybridized carbons (Fsp3) is 0.429. The van der Waals surface area contributed by atoms with Gasteiger partial charge in [-0.1, -0.05) is 18.2 Å². The lowest BCUT2D eigenvalue weighted by molar-refractivity contribution is 0.272. The number of benzene rings is 1. The van der Waals surface area contributed by atoms with Crippen molar-refractivity contribution >= 4 is 10.0 Å². The summed E-state index contributed by atoms with van der Waals surface area (Å²) < 4.78 is 32.5. The second-order valence-corrected chi connectivity index (χ2v) is 8.94. The van der Waals surface area contributed by atoms with Crippen molar-refractivity contribution in [2.75, 3.05) is 26.2 Å². The van der Waals surface area contributed by atoms with Gasteiger partial charge in [0.1, 0.15) is 17.3 Å². The first-order valence-electron chi connectivity index (χ1n) is 9.47. The van der Waals surface area contributed by atoms with Gasteiger partial charge in [0.15, 0.2) is 0 Å². The van der Waals surface area contributed by atoms with Crippen LogP contribution in [0.3, 0.4) is 0 Å². The van der Waals surface area contributed by atoms with E-state index in [1.54, 1.807) is 18.2 Å². The van der Waals surface area contributed by atoms with E-state index < -0.39 is 10.0 Å². The number of hydrogen-bond acceptors (Lipinski definition) is 4.